The first-order chi connectivity index (χ1) is 6.74. The van der Waals surface area contributed by atoms with Crippen LogP contribution < -0.4 is 0 Å². The molecule has 0 aromatic carbocycles. The van der Waals surface area contributed by atoms with Crippen molar-refractivity contribution in [2.24, 2.45) is 0 Å². The number of esters is 1. The van der Waals surface area contributed by atoms with Gasteiger partial charge < -0.3 is 4.74 Å². The smallest absolute Gasteiger partial charge is 0.313 e. The molecule has 0 saturated heterocycles. The quantitative estimate of drug-likeness (QED) is 0.411. The van der Waals surface area contributed by atoms with E-state index < -0.39 is 17.4 Å². The summed E-state index contributed by atoms with van der Waals surface area (Å²) >= 11 is 5.22. The molecule has 0 N–H and O–H groups in total. The normalized spacial score (nSPS) is 10.9. The Bertz CT molecular complexity index is 265. The number of hydrogen-bond acceptors (Lipinski definition) is 4. The molecule has 0 unspecified atom stereocenters. The minimum Gasteiger partial charge on any atom is -0.460 e. The lowest BCUT2D eigenvalue weighted by Crippen LogP contribution is -2.25. The molecule has 0 atom stereocenters. The number of alkyl halides is 1. The fourth-order valence-electron chi connectivity index (χ4n) is 0.868. The van der Waals surface area contributed by atoms with Crippen molar-refractivity contribution in [1.29, 1.82) is 0 Å². The molecular weight excluding hydrogens is 220 g/mol. The maximum absolute atomic E-state index is 11.2. The summed E-state index contributed by atoms with van der Waals surface area (Å²) in [5, 5.41) is 0. The predicted octanol–water partition coefficient (Wildman–Crippen LogP) is 1.49. The van der Waals surface area contributed by atoms with Gasteiger partial charge in [0.1, 0.15) is 12.0 Å². The molecule has 15 heavy (non-hydrogen) atoms. The molecule has 0 spiro atoms. The van der Waals surface area contributed by atoms with Gasteiger partial charge in [-0.1, -0.05) is 0 Å². The van der Waals surface area contributed by atoms with Crippen LogP contribution in [0.25, 0.3) is 0 Å². The van der Waals surface area contributed by atoms with Gasteiger partial charge in [-0.15, -0.1) is 11.6 Å². The SMILES string of the molecule is CC(C)(C)OC(=O)CC(=O)CC(=O)CCl. The summed E-state index contributed by atoms with van der Waals surface area (Å²) in [6.45, 7) is 5.12. The van der Waals surface area contributed by atoms with Crippen molar-refractivity contribution in [2.75, 3.05) is 5.88 Å². The summed E-state index contributed by atoms with van der Waals surface area (Å²) < 4.78 is 4.92. The van der Waals surface area contributed by atoms with Crippen LogP contribution in [0.5, 0.6) is 0 Å². The van der Waals surface area contributed by atoms with Gasteiger partial charge >= 0.3 is 5.97 Å². The molecule has 0 bridgehead atoms. The van der Waals surface area contributed by atoms with Crippen LogP contribution in [0.4, 0.5) is 0 Å². The molecule has 0 rings (SSSR count). The van der Waals surface area contributed by atoms with Crippen LogP contribution in [-0.4, -0.2) is 29.0 Å². The molecule has 0 fully saturated rings. The van der Waals surface area contributed by atoms with E-state index in [1.54, 1.807) is 20.8 Å². The van der Waals surface area contributed by atoms with Gasteiger partial charge in [-0.2, -0.15) is 0 Å². The lowest BCUT2D eigenvalue weighted by Gasteiger charge is -2.18. The van der Waals surface area contributed by atoms with E-state index in [0.29, 0.717) is 0 Å². The van der Waals surface area contributed by atoms with Crippen molar-refractivity contribution in [3.8, 4) is 0 Å². The van der Waals surface area contributed by atoms with Gasteiger partial charge in [0, 0.05) is 0 Å². The third-order valence-corrected chi connectivity index (χ3v) is 1.60. The Morgan fingerprint density at radius 2 is 1.60 bits per heavy atom. The van der Waals surface area contributed by atoms with Crippen molar-refractivity contribution in [1.82, 2.24) is 0 Å². The largest absolute Gasteiger partial charge is 0.460 e. The van der Waals surface area contributed by atoms with E-state index >= 15 is 0 Å². The summed E-state index contributed by atoms with van der Waals surface area (Å²) in [4.78, 5) is 33.1. The Kier molecular flexibility index (Phi) is 5.50. The lowest BCUT2D eigenvalue weighted by atomic mass is 10.1. The second-order valence-electron chi connectivity index (χ2n) is 4.15. The van der Waals surface area contributed by atoms with E-state index in [2.05, 4.69) is 0 Å². The molecule has 0 aliphatic carbocycles. The summed E-state index contributed by atoms with van der Waals surface area (Å²) in [5.41, 5.74) is -0.617. The fraction of sp³-hybridized carbons (Fsp3) is 0.700. The lowest BCUT2D eigenvalue weighted by molar-refractivity contribution is -0.156. The van der Waals surface area contributed by atoms with Crippen molar-refractivity contribution in [3.63, 3.8) is 0 Å². The van der Waals surface area contributed by atoms with Crippen molar-refractivity contribution >= 4 is 29.1 Å². The number of ether oxygens (including phenoxy) is 1. The molecule has 4 nitrogen and oxygen atoms in total. The van der Waals surface area contributed by atoms with Crippen LogP contribution in [0.1, 0.15) is 33.6 Å². The molecular formula is C10H15ClO4. The van der Waals surface area contributed by atoms with Crippen molar-refractivity contribution < 1.29 is 19.1 Å². The minimum atomic E-state index is -0.617. The number of carbonyl (C=O) groups excluding carboxylic acids is 3. The summed E-state index contributed by atoms with van der Waals surface area (Å²) in [5.74, 6) is -1.67. The second-order valence-corrected chi connectivity index (χ2v) is 4.42. The highest BCUT2D eigenvalue weighted by molar-refractivity contribution is 6.29. The van der Waals surface area contributed by atoms with Gasteiger partial charge in [-0.25, -0.2) is 0 Å². The molecule has 5 heteroatoms. The van der Waals surface area contributed by atoms with E-state index in [-0.39, 0.29) is 24.5 Å². The molecule has 0 aliphatic rings. The number of halogens is 1. The second kappa shape index (κ2) is 5.85. The number of ketones is 2. The number of carbonyl (C=O) groups is 3. The standard InChI is InChI=1S/C10H15ClO4/c1-10(2,3)15-9(14)5-7(12)4-8(13)6-11/h4-6H2,1-3H3. The maximum Gasteiger partial charge on any atom is 0.313 e. The molecule has 0 saturated carbocycles. The monoisotopic (exact) mass is 234 g/mol. The van der Waals surface area contributed by atoms with Crippen LogP contribution in [0.15, 0.2) is 0 Å². The zero-order valence-corrected chi connectivity index (χ0v) is 9.89. The minimum absolute atomic E-state index is 0.208. The highest BCUT2D eigenvalue weighted by Gasteiger charge is 2.19. The fourth-order valence-corrected chi connectivity index (χ4v) is 0.963. The molecule has 0 amide bonds. The average Bonchev–Trinajstić information content (AvgIpc) is 1.99. The zero-order chi connectivity index (χ0) is 12.1. The zero-order valence-electron chi connectivity index (χ0n) is 9.13. The average molecular weight is 235 g/mol. The number of Topliss-reactive ketones (excluding diaryl/α,β-unsaturated/α-hetero) is 2. The summed E-state index contributed by atoms with van der Waals surface area (Å²) in [6.07, 6.45) is -0.678. The van der Waals surface area contributed by atoms with Crippen LogP contribution in [0.3, 0.4) is 0 Å². The molecule has 0 aliphatic heterocycles. The predicted molar refractivity (Wildman–Crippen MR) is 55.8 cm³/mol. The van der Waals surface area contributed by atoms with Gasteiger partial charge in [0.2, 0.25) is 0 Å². The maximum atomic E-state index is 11.2. The Balaban J connectivity index is 3.98. The van der Waals surface area contributed by atoms with E-state index in [9.17, 15) is 14.4 Å². The van der Waals surface area contributed by atoms with E-state index in [1.165, 1.54) is 0 Å². The summed E-state index contributed by atoms with van der Waals surface area (Å²) in [6, 6.07) is 0. The Morgan fingerprint density at radius 3 is 2.00 bits per heavy atom. The third-order valence-electron chi connectivity index (χ3n) is 1.30. The van der Waals surface area contributed by atoms with E-state index in [0.717, 1.165) is 0 Å². The molecule has 0 aromatic heterocycles. The first-order valence-corrected chi connectivity index (χ1v) is 5.09. The van der Waals surface area contributed by atoms with Gasteiger partial charge in [-0.05, 0) is 20.8 Å². The Morgan fingerprint density at radius 1 is 1.07 bits per heavy atom. The van der Waals surface area contributed by atoms with E-state index in [1.807, 2.05) is 0 Å². The Labute approximate surface area is 93.9 Å². The third kappa shape index (κ3) is 8.12. The number of hydrogen-bond donors (Lipinski definition) is 0. The van der Waals surface area contributed by atoms with Crippen LogP contribution >= 0.6 is 11.6 Å². The van der Waals surface area contributed by atoms with Gasteiger partial charge in [-0.3, -0.25) is 14.4 Å². The molecule has 0 radical (unpaired) electrons. The van der Waals surface area contributed by atoms with Crippen molar-refractivity contribution in [2.45, 2.75) is 39.2 Å². The van der Waals surface area contributed by atoms with Crippen LogP contribution in [-0.2, 0) is 19.1 Å². The van der Waals surface area contributed by atoms with Crippen molar-refractivity contribution in [3.05, 3.63) is 0 Å². The Hall–Kier alpha value is -0.900. The highest BCUT2D eigenvalue weighted by atomic mass is 35.5. The topological polar surface area (TPSA) is 60.4 Å². The number of rotatable bonds is 5. The van der Waals surface area contributed by atoms with Crippen LogP contribution in [0, 0.1) is 0 Å². The molecule has 0 aromatic rings. The molecule has 86 valence electrons. The van der Waals surface area contributed by atoms with Gasteiger partial charge in [0.15, 0.2) is 11.6 Å². The molecule has 0 heterocycles. The van der Waals surface area contributed by atoms with Gasteiger partial charge in [0.25, 0.3) is 0 Å². The van der Waals surface area contributed by atoms with Gasteiger partial charge in [0.05, 0.1) is 12.3 Å². The first kappa shape index (κ1) is 14.1. The first-order valence-electron chi connectivity index (χ1n) is 4.56. The van der Waals surface area contributed by atoms with E-state index in [4.69, 9.17) is 16.3 Å². The van der Waals surface area contributed by atoms with Crippen LogP contribution in [0.2, 0.25) is 0 Å². The summed E-state index contributed by atoms with van der Waals surface area (Å²) in [7, 11) is 0. The highest BCUT2D eigenvalue weighted by Crippen LogP contribution is 2.08.